The second kappa shape index (κ2) is 5.40. The van der Waals surface area contributed by atoms with Gasteiger partial charge in [0.15, 0.2) is 0 Å². The monoisotopic (exact) mass is 362 g/mol. The number of aliphatic hydroxyl groups excluding tert-OH is 1. The van der Waals surface area contributed by atoms with Gasteiger partial charge in [0.25, 0.3) is 5.69 Å². The van der Waals surface area contributed by atoms with Gasteiger partial charge in [0.2, 0.25) is 0 Å². The second-order valence-electron chi connectivity index (χ2n) is 4.63. The first-order valence-corrected chi connectivity index (χ1v) is 6.94. The first kappa shape index (κ1) is 13.5. The van der Waals surface area contributed by atoms with Gasteiger partial charge in [0, 0.05) is 34.7 Å². The normalized spacial score (nSPS) is 21.1. The molecule has 5 nitrogen and oxygen atoms in total. The smallest absolute Gasteiger partial charge is 0.270 e. The summed E-state index contributed by atoms with van der Waals surface area (Å²) in [5.74, 6) is 0.288. The Morgan fingerprint density at radius 2 is 2.33 bits per heavy atom. The molecule has 0 saturated carbocycles. The Kier molecular flexibility index (Phi) is 4.06. The highest BCUT2D eigenvalue weighted by Crippen LogP contribution is 2.31. The van der Waals surface area contributed by atoms with Crippen LogP contribution < -0.4 is 4.90 Å². The van der Waals surface area contributed by atoms with Crippen LogP contribution in [0.5, 0.6) is 0 Å². The molecule has 0 radical (unpaired) electrons. The number of nitrogens with zero attached hydrogens (tertiary/aromatic N) is 2. The van der Waals surface area contributed by atoms with Gasteiger partial charge in [0.05, 0.1) is 16.7 Å². The topological polar surface area (TPSA) is 66.6 Å². The van der Waals surface area contributed by atoms with E-state index in [9.17, 15) is 15.2 Å². The maximum atomic E-state index is 10.7. The number of halogens is 1. The van der Waals surface area contributed by atoms with Gasteiger partial charge in [-0.15, -0.1) is 0 Å². The van der Waals surface area contributed by atoms with Crippen LogP contribution >= 0.6 is 22.6 Å². The van der Waals surface area contributed by atoms with Gasteiger partial charge in [-0.05, 0) is 42.0 Å². The molecule has 1 heterocycles. The highest BCUT2D eigenvalue weighted by Gasteiger charge is 2.27. The molecule has 98 valence electrons. The number of nitro groups is 1. The minimum Gasteiger partial charge on any atom is -0.393 e. The maximum Gasteiger partial charge on any atom is 0.270 e. The van der Waals surface area contributed by atoms with Gasteiger partial charge < -0.3 is 10.0 Å². The van der Waals surface area contributed by atoms with E-state index in [1.165, 1.54) is 6.07 Å². The molecule has 2 unspecified atom stereocenters. The number of hydrogen-bond donors (Lipinski definition) is 1. The van der Waals surface area contributed by atoms with E-state index in [0.29, 0.717) is 0 Å². The molecule has 18 heavy (non-hydrogen) atoms. The molecular formula is C12H15IN2O3. The Morgan fingerprint density at radius 3 is 2.83 bits per heavy atom. The quantitative estimate of drug-likeness (QED) is 0.510. The average Bonchev–Trinajstić information content (AvgIpc) is 2.78. The van der Waals surface area contributed by atoms with Crippen LogP contribution in [0.3, 0.4) is 0 Å². The lowest BCUT2D eigenvalue weighted by atomic mass is 10.0. The molecule has 6 heteroatoms. The van der Waals surface area contributed by atoms with E-state index in [2.05, 4.69) is 27.5 Å². The van der Waals surface area contributed by atoms with Gasteiger partial charge in [-0.25, -0.2) is 0 Å². The molecule has 1 aliphatic heterocycles. The van der Waals surface area contributed by atoms with Crippen molar-refractivity contribution in [2.75, 3.05) is 18.0 Å². The zero-order chi connectivity index (χ0) is 13.3. The van der Waals surface area contributed by atoms with Gasteiger partial charge >= 0.3 is 0 Å². The van der Waals surface area contributed by atoms with Crippen molar-refractivity contribution in [1.82, 2.24) is 0 Å². The summed E-state index contributed by atoms with van der Waals surface area (Å²) in [6, 6.07) is 4.92. The fourth-order valence-electron chi connectivity index (χ4n) is 2.27. The molecule has 1 aromatic rings. The summed E-state index contributed by atoms with van der Waals surface area (Å²) in [6.45, 7) is 3.52. The molecule has 1 aromatic carbocycles. The minimum atomic E-state index is -0.380. The molecule has 0 aromatic heterocycles. The maximum absolute atomic E-state index is 10.7. The van der Waals surface area contributed by atoms with Crippen LogP contribution in [-0.4, -0.2) is 29.2 Å². The van der Waals surface area contributed by atoms with Crippen molar-refractivity contribution in [1.29, 1.82) is 0 Å². The summed E-state index contributed by atoms with van der Waals surface area (Å²) in [7, 11) is 0. The average molecular weight is 362 g/mol. The van der Waals surface area contributed by atoms with E-state index in [1.54, 1.807) is 12.1 Å². The van der Waals surface area contributed by atoms with E-state index < -0.39 is 0 Å². The Hall–Kier alpha value is -0.890. The van der Waals surface area contributed by atoms with Crippen LogP contribution in [0, 0.1) is 19.6 Å². The zero-order valence-corrected chi connectivity index (χ0v) is 12.2. The number of hydrogen-bond acceptors (Lipinski definition) is 4. The summed E-state index contributed by atoms with van der Waals surface area (Å²) < 4.78 is 0.882. The first-order chi connectivity index (χ1) is 8.49. The first-order valence-electron chi connectivity index (χ1n) is 5.86. The molecule has 1 aliphatic rings. The zero-order valence-electron chi connectivity index (χ0n) is 10.0. The van der Waals surface area contributed by atoms with Crippen molar-refractivity contribution in [3.63, 3.8) is 0 Å². The third-order valence-electron chi connectivity index (χ3n) is 3.39. The largest absolute Gasteiger partial charge is 0.393 e. The van der Waals surface area contributed by atoms with Crippen molar-refractivity contribution in [2.24, 2.45) is 5.92 Å². The van der Waals surface area contributed by atoms with Crippen molar-refractivity contribution < 1.29 is 10.0 Å². The minimum absolute atomic E-state index is 0.120. The molecule has 2 rings (SSSR count). The number of aliphatic hydroxyl groups is 1. The number of anilines is 1. The molecule has 0 bridgehead atoms. The summed E-state index contributed by atoms with van der Waals surface area (Å²) in [6.07, 6.45) is 0.663. The Balaban J connectivity index is 2.18. The molecular weight excluding hydrogens is 347 g/mol. The second-order valence-corrected chi connectivity index (χ2v) is 5.79. The van der Waals surface area contributed by atoms with E-state index in [-0.39, 0.29) is 22.6 Å². The summed E-state index contributed by atoms with van der Waals surface area (Å²) in [4.78, 5) is 12.5. The fourth-order valence-corrected chi connectivity index (χ4v) is 3.11. The summed E-state index contributed by atoms with van der Waals surface area (Å²) in [5.41, 5.74) is 1.14. The van der Waals surface area contributed by atoms with Crippen LogP contribution in [0.1, 0.15) is 13.3 Å². The molecule has 1 fully saturated rings. The number of rotatable bonds is 3. The lowest BCUT2D eigenvalue weighted by molar-refractivity contribution is -0.384. The highest BCUT2D eigenvalue weighted by atomic mass is 127. The van der Waals surface area contributed by atoms with E-state index >= 15 is 0 Å². The summed E-state index contributed by atoms with van der Waals surface area (Å²) >= 11 is 2.12. The van der Waals surface area contributed by atoms with Gasteiger partial charge in [0.1, 0.15) is 0 Å². The predicted molar refractivity (Wildman–Crippen MR) is 77.8 cm³/mol. The van der Waals surface area contributed by atoms with Crippen LogP contribution in [0.25, 0.3) is 0 Å². The third kappa shape index (κ3) is 2.74. The lowest BCUT2D eigenvalue weighted by Crippen LogP contribution is -2.24. The van der Waals surface area contributed by atoms with E-state index in [0.717, 1.165) is 28.8 Å². The van der Waals surface area contributed by atoms with Gasteiger partial charge in [-0.2, -0.15) is 0 Å². The van der Waals surface area contributed by atoms with Crippen molar-refractivity contribution in [3.8, 4) is 0 Å². The molecule has 0 amide bonds. The van der Waals surface area contributed by atoms with Crippen molar-refractivity contribution >= 4 is 34.0 Å². The predicted octanol–water partition coefficient (Wildman–Crippen LogP) is 2.41. The number of non-ortho nitro benzene ring substituents is 1. The highest BCUT2D eigenvalue weighted by molar-refractivity contribution is 14.1. The van der Waals surface area contributed by atoms with Crippen molar-refractivity contribution in [3.05, 3.63) is 31.9 Å². The van der Waals surface area contributed by atoms with Gasteiger partial charge in [-0.3, -0.25) is 10.1 Å². The number of benzene rings is 1. The van der Waals surface area contributed by atoms with Crippen LogP contribution in [0.4, 0.5) is 11.4 Å². The summed E-state index contributed by atoms with van der Waals surface area (Å²) in [5, 5.41) is 20.3. The van der Waals surface area contributed by atoms with Gasteiger partial charge in [-0.1, -0.05) is 0 Å². The fraction of sp³-hybridized carbons (Fsp3) is 0.500. The SMILES string of the molecule is CC(O)C1CCN(c2ccc([N+](=O)[O-])cc2I)C1. The molecule has 1 N–H and O–H groups in total. The van der Waals surface area contributed by atoms with Crippen LogP contribution in [-0.2, 0) is 0 Å². The molecule has 0 aliphatic carbocycles. The Labute approximate surface area is 119 Å². The lowest BCUT2D eigenvalue weighted by Gasteiger charge is -2.20. The van der Waals surface area contributed by atoms with Crippen molar-refractivity contribution in [2.45, 2.75) is 19.4 Å². The number of nitro benzene ring substituents is 1. The van der Waals surface area contributed by atoms with E-state index in [1.807, 2.05) is 6.92 Å². The van der Waals surface area contributed by atoms with Crippen LogP contribution in [0.15, 0.2) is 18.2 Å². The Morgan fingerprint density at radius 1 is 1.61 bits per heavy atom. The van der Waals surface area contributed by atoms with Crippen LogP contribution in [0.2, 0.25) is 0 Å². The molecule has 0 spiro atoms. The third-order valence-corrected chi connectivity index (χ3v) is 4.25. The Bertz CT molecular complexity index is 465. The standard InChI is InChI=1S/C12H15IN2O3/c1-8(16)9-4-5-14(7-9)12-3-2-10(15(17)18)6-11(12)13/h2-3,6,8-9,16H,4-5,7H2,1H3. The molecule has 2 atom stereocenters. The molecule has 1 saturated heterocycles. The van der Waals surface area contributed by atoms with E-state index in [4.69, 9.17) is 0 Å².